The van der Waals surface area contributed by atoms with Gasteiger partial charge in [0.15, 0.2) is 0 Å². The molecule has 0 aliphatic rings. The van der Waals surface area contributed by atoms with Crippen LogP contribution in [0.2, 0.25) is 0 Å². The summed E-state index contributed by atoms with van der Waals surface area (Å²) >= 11 is 0. The van der Waals surface area contributed by atoms with Crippen molar-refractivity contribution in [1.82, 2.24) is 0 Å². The first-order chi connectivity index (χ1) is 8.41. The van der Waals surface area contributed by atoms with Gasteiger partial charge in [-0.15, -0.1) is 0 Å². The van der Waals surface area contributed by atoms with E-state index in [0.29, 0.717) is 19.4 Å². The van der Waals surface area contributed by atoms with Crippen molar-refractivity contribution in [3.63, 3.8) is 0 Å². The third-order valence-electron chi connectivity index (χ3n) is 3.47. The Morgan fingerprint density at radius 2 is 1.94 bits per heavy atom. The molecule has 3 heteroatoms. The second kappa shape index (κ2) is 6.21. The zero-order chi connectivity index (χ0) is 13.8. The maximum Gasteiger partial charge on any atom is 0.124 e. The van der Waals surface area contributed by atoms with Crippen LogP contribution in [0.3, 0.4) is 0 Å². The molecule has 0 radical (unpaired) electrons. The van der Waals surface area contributed by atoms with Gasteiger partial charge in [0.1, 0.15) is 12.4 Å². The Hall–Kier alpha value is -1.06. The molecule has 102 valence electrons. The number of ether oxygens (including phenoxy) is 1. The lowest BCUT2D eigenvalue weighted by Gasteiger charge is -2.26. The van der Waals surface area contributed by atoms with Crippen molar-refractivity contribution >= 4 is 0 Å². The Balaban J connectivity index is 2.86. The van der Waals surface area contributed by atoms with Crippen LogP contribution in [0.15, 0.2) is 18.2 Å². The van der Waals surface area contributed by atoms with Crippen LogP contribution >= 0.6 is 0 Å². The predicted octanol–water partition coefficient (Wildman–Crippen LogP) is 2.94. The third-order valence-corrected chi connectivity index (χ3v) is 3.47. The normalized spacial score (nSPS) is 13.4. The standard InChI is InChI=1S/C15H25NO2/c1-5-15(17,6-2)10-18-14-9-11(3)7-8-13(14)12(4)16/h7-9,12,17H,5-6,10,16H2,1-4H3/t12-/m0/s1. The molecule has 0 heterocycles. The van der Waals surface area contributed by atoms with Gasteiger partial charge in [0, 0.05) is 11.6 Å². The van der Waals surface area contributed by atoms with Gasteiger partial charge in [-0.1, -0.05) is 26.0 Å². The molecule has 18 heavy (non-hydrogen) atoms. The maximum atomic E-state index is 10.2. The van der Waals surface area contributed by atoms with Gasteiger partial charge in [-0.3, -0.25) is 0 Å². The van der Waals surface area contributed by atoms with E-state index >= 15 is 0 Å². The second-order valence-electron chi connectivity index (χ2n) is 5.05. The first kappa shape index (κ1) is 15.0. The Labute approximate surface area is 110 Å². The van der Waals surface area contributed by atoms with Gasteiger partial charge in [-0.05, 0) is 38.3 Å². The quantitative estimate of drug-likeness (QED) is 0.817. The largest absolute Gasteiger partial charge is 0.490 e. The average Bonchev–Trinajstić information content (AvgIpc) is 2.35. The lowest BCUT2D eigenvalue weighted by Crippen LogP contribution is -2.34. The minimum atomic E-state index is -0.751. The zero-order valence-corrected chi connectivity index (χ0v) is 11.9. The summed E-state index contributed by atoms with van der Waals surface area (Å²) in [6.07, 6.45) is 1.37. The molecular weight excluding hydrogens is 226 g/mol. The maximum absolute atomic E-state index is 10.2. The first-order valence-corrected chi connectivity index (χ1v) is 6.63. The SMILES string of the molecule is CCC(O)(CC)COc1cc(C)ccc1[C@H](C)N. The molecule has 0 saturated heterocycles. The van der Waals surface area contributed by atoms with E-state index in [1.165, 1.54) is 0 Å². The summed E-state index contributed by atoms with van der Waals surface area (Å²) in [6.45, 7) is 8.20. The van der Waals surface area contributed by atoms with Crippen molar-refractivity contribution in [2.45, 2.75) is 52.2 Å². The van der Waals surface area contributed by atoms with Crippen LogP contribution in [0.5, 0.6) is 5.75 Å². The Bertz CT molecular complexity index is 384. The second-order valence-corrected chi connectivity index (χ2v) is 5.05. The van der Waals surface area contributed by atoms with Crippen molar-refractivity contribution in [1.29, 1.82) is 0 Å². The van der Waals surface area contributed by atoms with Crippen molar-refractivity contribution in [2.75, 3.05) is 6.61 Å². The number of aliphatic hydroxyl groups is 1. The topological polar surface area (TPSA) is 55.5 Å². The summed E-state index contributed by atoms with van der Waals surface area (Å²) in [5.74, 6) is 0.783. The smallest absolute Gasteiger partial charge is 0.124 e. The average molecular weight is 251 g/mol. The molecule has 0 saturated carbocycles. The van der Waals surface area contributed by atoms with Gasteiger partial charge < -0.3 is 15.6 Å². The van der Waals surface area contributed by atoms with Crippen LogP contribution in [0.1, 0.15) is 50.8 Å². The number of aryl methyl sites for hydroxylation is 1. The summed E-state index contributed by atoms with van der Waals surface area (Å²) in [4.78, 5) is 0. The molecular formula is C15H25NO2. The van der Waals surface area contributed by atoms with Crippen LogP contribution in [0, 0.1) is 6.92 Å². The lowest BCUT2D eigenvalue weighted by atomic mass is 9.99. The van der Waals surface area contributed by atoms with Gasteiger partial charge in [0.2, 0.25) is 0 Å². The van der Waals surface area contributed by atoms with E-state index in [1.54, 1.807) is 0 Å². The number of hydrogen-bond donors (Lipinski definition) is 2. The monoisotopic (exact) mass is 251 g/mol. The van der Waals surface area contributed by atoms with Gasteiger partial charge in [0.05, 0.1) is 5.60 Å². The highest BCUT2D eigenvalue weighted by molar-refractivity contribution is 5.39. The molecule has 0 aliphatic heterocycles. The molecule has 0 fully saturated rings. The van der Waals surface area contributed by atoms with E-state index in [1.807, 2.05) is 45.9 Å². The predicted molar refractivity (Wildman–Crippen MR) is 74.8 cm³/mol. The van der Waals surface area contributed by atoms with Crippen LogP contribution < -0.4 is 10.5 Å². The molecule has 0 spiro atoms. The van der Waals surface area contributed by atoms with Crippen molar-refractivity contribution < 1.29 is 9.84 Å². The van der Waals surface area contributed by atoms with E-state index in [-0.39, 0.29) is 6.04 Å². The molecule has 0 bridgehead atoms. The van der Waals surface area contributed by atoms with Crippen LogP contribution in [-0.2, 0) is 0 Å². The fourth-order valence-corrected chi connectivity index (χ4v) is 1.81. The number of nitrogens with two attached hydrogens (primary N) is 1. The summed E-state index contributed by atoms with van der Waals surface area (Å²) < 4.78 is 5.80. The molecule has 0 aliphatic carbocycles. The molecule has 0 amide bonds. The fourth-order valence-electron chi connectivity index (χ4n) is 1.81. The summed E-state index contributed by atoms with van der Waals surface area (Å²) in [5.41, 5.74) is 7.29. The highest BCUT2D eigenvalue weighted by Gasteiger charge is 2.23. The number of benzene rings is 1. The molecule has 0 aromatic heterocycles. The van der Waals surface area contributed by atoms with Crippen LogP contribution in [-0.4, -0.2) is 17.3 Å². The van der Waals surface area contributed by atoms with Crippen LogP contribution in [0.4, 0.5) is 0 Å². The van der Waals surface area contributed by atoms with E-state index in [2.05, 4.69) is 0 Å². The fraction of sp³-hybridized carbons (Fsp3) is 0.600. The number of hydrogen-bond acceptors (Lipinski definition) is 3. The Morgan fingerprint density at radius 1 is 1.33 bits per heavy atom. The third kappa shape index (κ3) is 3.72. The summed E-state index contributed by atoms with van der Waals surface area (Å²) in [5, 5.41) is 10.2. The molecule has 3 N–H and O–H groups in total. The molecule has 1 atom stereocenters. The van der Waals surface area contributed by atoms with Crippen LogP contribution in [0.25, 0.3) is 0 Å². The highest BCUT2D eigenvalue weighted by Crippen LogP contribution is 2.27. The summed E-state index contributed by atoms with van der Waals surface area (Å²) in [6, 6.07) is 5.92. The Morgan fingerprint density at radius 3 is 2.44 bits per heavy atom. The van der Waals surface area contributed by atoms with E-state index < -0.39 is 5.60 Å². The number of rotatable bonds is 6. The van der Waals surface area contributed by atoms with Crippen molar-refractivity contribution in [2.24, 2.45) is 5.73 Å². The van der Waals surface area contributed by atoms with E-state index in [9.17, 15) is 5.11 Å². The van der Waals surface area contributed by atoms with Crippen molar-refractivity contribution in [3.05, 3.63) is 29.3 Å². The van der Waals surface area contributed by atoms with Gasteiger partial charge in [-0.25, -0.2) is 0 Å². The first-order valence-electron chi connectivity index (χ1n) is 6.63. The minimum Gasteiger partial charge on any atom is -0.490 e. The highest BCUT2D eigenvalue weighted by atomic mass is 16.5. The van der Waals surface area contributed by atoms with Crippen molar-refractivity contribution in [3.8, 4) is 5.75 Å². The Kier molecular flexibility index (Phi) is 5.17. The minimum absolute atomic E-state index is 0.0723. The molecule has 1 aromatic rings. The van der Waals surface area contributed by atoms with Gasteiger partial charge >= 0.3 is 0 Å². The van der Waals surface area contributed by atoms with Gasteiger partial charge in [0.25, 0.3) is 0 Å². The van der Waals surface area contributed by atoms with Gasteiger partial charge in [-0.2, -0.15) is 0 Å². The van der Waals surface area contributed by atoms with E-state index in [4.69, 9.17) is 10.5 Å². The molecule has 1 rings (SSSR count). The van der Waals surface area contributed by atoms with E-state index in [0.717, 1.165) is 16.9 Å². The summed E-state index contributed by atoms with van der Waals surface area (Å²) in [7, 11) is 0. The zero-order valence-electron chi connectivity index (χ0n) is 11.9. The molecule has 0 unspecified atom stereocenters. The molecule has 1 aromatic carbocycles. The molecule has 3 nitrogen and oxygen atoms in total. The lowest BCUT2D eigenvalue weighted by molar-refractivity contribution is -0.0116.